The number of aryl methyl sites for hydroxylation is 1. The van der Waals surface area contributed by atoms with Crippen molar-refractivity contribution in [1.29, 1.82) is 5.26 Å². The Labute approximate surface area is 105 Å². The van der Waals surface area contributed by atoms with Crippen LogP contribution in [0.3, 0.4) is 0 Å². The molecule has 2 rings (SSSR count). The molecule has 1 heterocycles. The van der Waals surface area contributed by atoms with E-state index in [1.165, 1.54) is 0 Å². The third kappa shape index (κ3) is 2.28. The Kier molecular flexibility index (Phi) is 3.19. The van der Waals surface area contributed by atoms with Gasteiger partial charge in [-0.05, 0) is 31.9 Å². The number of carbonyl (C=O) groups is 1. The highest BCUT2D eigenvalue weighted by atomic mass is 16.4. The SMILES string of the molecule is Cc1cc(C#N)cc(NC2(C(=O)O)CCCC2)n1. The number of nitriles is 1. The number of rotatable bonds is 3. The van der Waals surface area contributed by atoms with Crippen LogP contribution in [-0.2, 0) is 4.79 Å². The van der Waals surface area contributed by atoms with Crippen LogP contribution in [0.5, 0.6) is 0 Å². The number of nitrogens with zero attached hydrogens (tertiary/aromatic N) is 2. The van der Waals surface area contributed by atoms with Crippen molar-refractivity contribution >= 4 is 11.8 Å². The van der Waals surface area contributed by atoms with Crippen molar-refractivity contribution in [2.24, 2.45) is 0 Å². The molecule has 1 aliphatic rings. The summed E-state index contributed by atoms with van der Waals surface area (Å²) >= 11 is 0. The number of carboxylic acid groups (broad SMARTS) is 1. The number of hydrogen-bond donors (Lipinski definition) is 2. The molecule has 1 fully saturated rings. The van der Waals surface area contributed by atoms with Crippen LogP contribution in [0.25, 0.3) is 0 Å². The van der Waals surface area contributed by atoms with Crippen molar-refractivity contribution in [3.63, 3.8) is 0 Å². The van der Waals surface area contributed by atoms with Gasteiger partial charge in [-0.25, -0.2) is 9.78 Å². The molecule has 0 saturated heterocycles. The molecule has 1 aromatic heterocycles. The monoisotopic (exact) mass is 245 g/mol. The first kappa shape index (κ1) is 12.4. The van der Waals surface area contributed by atoms with Crippen molar-refractivity contribution in [3.8, 4) is 6.07 Å². The molecule has 5 nitrogen and oxygen atoms in total. The molecular weight excluding hydrogens is 230 g/mol. The van der Waals surface area contributed by atoms with Gasteiger partial charge in [0, 0.05) is 5.69 Å². The number of nitrogens with one attached hydrogen (secondary N) is 1. The van der Waals surface area contributed by atoms with E-state index in [-0.39, 0.29) is 0 Å². The van der Waals surface area contributed by atoms with E-state index in [9.17, 15) is 9.90 Å². The molecule has 2 N–H and O–H groups in total. The first-order valence-corrected chi connectivity index (χ1v) is 5.96. The molecule has 0 unspecified atom stereocenters. The number of carboxylic acids is 1. The minimum atomic E-state index is -0.923. The second kappa shape index (κ2) is 4.65. The zero-order chi connectivity index (χ0) is 13.2. The molecule has 1 aliphatic carbocycles. The van der Waals surface area contributed by atoms with E-state index >= 15 is 0 Å². The van der Waals surface area contributed by atoms with E-state index in [1.807, 2.05) is 6.07 Å². The predicted octanol–water partition coefficient (Wildman–Crippen LogP) is 2.07. The summed E-state index contributed by atoms with van der Waals surface area (Å²) in [5.41, 5.74) is 0.270. The second-order valence-corrected chi connectivity index (χ2v) is 4.71. The topological polar surface area (TPSA) is 86.0 Å². The fraction of sp³-hybridized carbons (Fsp3) is 0.462. The largest absolute Gasteiger partial charge is 0.480 e. The fourth-order valence-electron chi connectivity index (χ4n) is 2.41. The third-order valence-electron chi connectivity index (χ3n) is 3.32. The molecule has 94 valence electrons. The van der Waals surface area contributed by atoms with Gasteiger partial charge in [0.2, 0.25) is 0 Å². The van der Waals surface area contributed by atoms with Crippen LogP contribution >= 0.6 is 0 Å². The Balaban J connectivity index is 2.30. The van der Waals surface area contributed by atoms with Crippen molar-refractivity contribution < 1.29 is 9.90 Å². The van der Waals surface area contributed by atoms with E-state index in [0.29, 0.717) is 29.9 Å². The summed E-state index contributed by atoms with van der Waals surface area (Å²) in [4.78, 5) is 15.7. The molecule has 18 heavy (non-hydrogen) atoms. The lowest BCUT2D eigenvalue weighted by Gasteiger charge is -2.26. The smallest absolute Gasteiger partial charge is 0.329 e. The van der Waals surface area contributed by atoms with Gasteiger partial charge >= 0.3 is 5.97 Å². The van der Waals surface area contributed by atoms with Gasteiger partial charge in [0.1, 0.15) is 11.4 Å². The zero-order valence-electron chi connectivity index (χ0n) is 10.2. The van der Waals surface area contributed by atoms with Crippen LogP contribution in [-0.4, -0.2) is 21.6 Å². The van der Waals surface area contributed by atoms with Crippen LogP contribution in [0, 0.1) is 18.3 Å². The Morgan fingerprint density at radius 2 is 2.17 bits per heavy atom. The van der Waals surface area contributed by atoms with Gasteiger partial charge in [0.15, 0.2) is 0 Å². The third-order valence-corrected chi connectivity index (χ3v) is 3.32. The summed E-state index contributed by atoms with van der Waals surface area (Å²) in [6.45, 7) is 1.79. The maximum atomic E-state index is 11.4. The van der Waals surface area contributed by atoms with Crippen LogP contribution < -0.4 is 5.32 Å². The average molecular weight is 245 g/mol. The summed E-state index contributed by atoms with van der Waals surface area (Å²) in [6, 6.07) is 5.31. The van der Waals surface area contributed by atoms with Crippen molar-refractivity contribution in [2.75, 3.05) is 5.32 Å². The van der Waals surface area contributed by atoms with E-state index in [2.05, 4.69) is 10.3 Å². The highest BCUT2D eigenvalue weighted by Crippen LogP contribution is 2.33. The van der Waals surface area contributed by atoms with Crippen LogP contribution in [0.2, 0.25) is 0 Å². The summed E-state index contributed by atoms with van der Waals surface area (Å²) in [6.07, 6.45) is 2.99. The van der Waals surface area contributed by atoms with E-state index in [1.54, 1.807) is 19.1 Å². The zero-order valence-corrected chi connectivity index (χ0v) is 10.2. The summed E-state index contributed by atoms with van der Waals surface area (Å²) < 4.78 is 0. The van der Waals surface area contributed by atoms with Gasteiger partial charge < -0.3 is 10.4 Å². The van der Waals surface area contributed by atoms with Crippen molar-refractivity contribution in [2.45, 2.75) is 38.1 Å². The maximum absolute atomic E-state index is 11.4. The Morgan fingerprint density at radius 1 is 1.50 bits per heavy atom. The number of hydrogen-bond acceptors (Lipinski definition) is 4. The van der Waals surface area contributed by atoms with Gasteiger partial charge in [-0.2, -0.15) is 5.26 Å². The molecule has 0 aromatic carbocycles. The number of anilines is 1. The lowest BCUT2D eigenvalue weighted by Crippen LogP contribution is -2.43. The van der Waals surface area contributed by atoms with Crippen LogP contribution in [0.4, 0.5) is 5.82 Å². The Hall–Kier alpha value is -2.09. The van der Waals surface area contributed by atoms with Crippen LogP contribution in [0.1, 0.15) is 36.9 Å². The normalized spacial score (nSPS) is 17.1. The number of aromatic nitrogens is 1. The minimum Gasteiger partial charge on any atom is -0.480 e. The van der Waals surface area contributed by atoms with Crippen molar-refractivity contribution in [3.05, 3.63) is 23.4 Å². The van der Waals surface area contributed by atoms with E-state index in [0.717, 1.165) is 12.8 Å². The molecule has 0 atom stereocenters. The van der Waals surface area contributed by atoms with Gasteiger partial charge in [-0.3, -0.25) is 0 Å². The average Bonchev–Trinajstić information content (AvgIpc) is 2.78. The van der Waals surface area contributed by atoms with Gasteiger partial charge in [-0.15, -0.1) is 0 Å². The Bertz CT molecular complexity index is 513. The summed E-state index contributed by atoms with van der Waals surface area (Å²) in [5.74, 6) is -0.377. The fourth-order valence-corrected chi connectivity index (χ4v) is 2.41. The van der Waals surface area contributed by atoms with Gasteiger partial charge in [-0.1, -0.05) is 12.8 Å². The molecule has 1 aromatic rings. The molecule has 0 bridgehead atoms. The Morgan fingerprint density at radius 3 is 2.72 bits per heavy atom. The minimum absolute atomic E-state index is 0.468. The molecule has 1 saturated carbocycles. The van der Waals surface area contributed by atoms with E-state index < -0.39 is 11.5 Å². The first-order valence-electron chi connectivity index (χ1n) is 5.96. The van der Waals surface area contributed by atoms with E-state index in [4.69, 9.17) is 5.26 Å². The standard InChI is InChI=1S/C13H15N3O2/c1-9-6-10(8-14)7-11(15-9)16-13(12(17)18)4-2-3-5-13/h6-7H,2-5H2,1H3,(H,15,16)(H,17,18). The quantitative estimate of drug-likeness (QED) is 0.851. The van der Waals surface area contributed by atoms with Gasteiger partial charge in [0.05, 0.1) is 11.6 Å². The lowest BCUT2D eigenvalue weighted by atomic mass is 9.98. The predicted molar refractivity (Wildman–Crippen MR) is 66.1 cm³/mol. The lowest BCUT2D eigenvalue weighted by molar-refractivity contribution is -0.142. The maximum Gasteiger partial charge on any atom is 0.329 e. The summed E-state index contributed by atoms with van der Waals surface area (Å²) in [7, 11) is 0. The van der Waals surface area contributed by atoms with Crippen molar-refractivity contribution in [1.82, 2.24) is 4.98 Å². The number of pyridine rings is 1. The highest BCUT2D eigenvalue weighted by molar-refractivity contribution is 5.82. The summed E-state index contributed by atoms with van der Waals surface area (Å²) in [5, 5.41) is 21.3. The second-order valence-electron chi connectivity index (χ2n) is 4.71. The highest BCUT2D eigenvalue weighted by Gasteiger charge is 2.41. The molecule has 0 aliphatic heterocycles. The number of aliphatic carboxylic acids is 1. The molecule has 0 spiro atoms. The molecule has 0 radical (unpaired) electrons. The van der Waals surface area contributed by atoms with Crippen LogP contribution in [0.15, 0.2) is 12.1 Å². The molecule has 5 heteroatoms. The first-order chi connectivity index (χ1) is 8.55. The molecule has 0 amide bonds. The molecular formula is C13H15N3O2. The van der Waals surface area contributed by atoms with Gasteiger partial charge in [0.25, 0.3) is 0 Å².